The number of benzene rings is 1. The van der Waals surface area contributed by atoms with Crippen molar-refractivity contribution in [1.29, 1.82) is 0 Å². The van der Waals surface area contributed by atoms with Crippen molar-refractivity contribution < 1.29 is 21.7 Å². The third kappa shape index (κ3) is 5.47. The molecule has 1 aromatic carbocycles. The second kappa shape index (κ2) is 10.9. The monoisotopic (exact) mass is 380 g/mol. The summed E-state index contributed by atoms with van der Waals surface area (Å²) < 4.78 is 1.01. The fourth-order valence-corrected chi connectivity index (χ4v) is 4.39. The van der Waals surface area contributed by atoms with Crippen molar-refractivity contribution in [3.63, 3.8) is 0 Å². The van der Waals surface area contributed by atoms with Crippen molar-refractivity contribution in [1.82, 2.24) is 0 Å². The highest BCUT2D eigenvalue weighted by molar-refractivity contribution is 5.95. The van der Waals surface area contributed by atoms with Crippen LogP contribution in [0.2, 0.25) is 0 Å². The molecule has 1 fully saturated rings. The van der Waals surface area contributed by atoms with Crippen LogP contribution in [0.5, 0.6) is 0 Å². The number of rotatable bonds is 8. The summed E-state index contributed by atoms with van der Waals surface area (Å²) in [6.07, 6.45) is 8.33. The minimum atomic E-state index is 0. The van der Waals surface area contributed by atoms with Gasteiger partial charge < -0.3 is 22.2 Å². The summed E-state index contributed by atoms with van der Waals surface area (Å²) in [5.41, 5.74) is 3.33. The molecule has 0 aromatic heterocycles. The van der Waals surface area contributed by atoms with Crippen LogP contribution in [-0.2, 0) is 4.79 Å². The maximum absolute atomic E-state index is 13.3. The zero-order valence-electron chi connectivity index (χ0n) is 17.1. The first-order valence-electron chi connectivity index (χ1n) is 10.3. The molecular weight excluding hydrogens is 344 g/mol. The van der Waals surface area contributed by atoms with Crippen molar-refractivity contribution in [3.8, 4) is 0 Å². The van der Waals surface area contributed by atoms with Crippen LogP contribution in [0.3, 0.4) is 0 Å². The molecule has 4 heteroatoms. The van der Waals surface area contributed by atoms with Gasteiger partial charge in [0.1, 0.15) is 0 Å². The van der Waals surface area contributed by atoms with E-state index in [4.69, 9.17) is 0 Å². The molecule has 1 aliphatic rings. The minimum absolute atomic E-state index is 0. The Hall–Kier alpha value is -1.06. The fraction of sp³-hybridized carbons (Fsp3) is 0.682. The number of carbonyl (C=O) groups is 1. The van der Waals surface area contributed by atoms with Gasteiger partial charge in [0.2, 0.25) is 0 Å². The Labute approximate surface area is 166 Å². The summed E-state index contributed by atoms with van der Waals surface area (Å²) in [5.74, 6) is 0.240. The standard InChI is InChI=1S/C22H36N2O.ClH/c1-5-7-15-24(16-8-6-2)17-10-9-14-20(24)22(25)23-21-18(3)12-11-13-19(21)4;/h11-13,20H,5-10,14-17H2,1-4H3;1H. The predicted octanol–water partition coefficient (Wildman–Crippen LogP) is 2.22. The van der Waals surface area contributed by atoms with Crippen molar-refractivity contribution in [2.75, 3.05) is 25.0 Å². The number of likely N-dealkylation sites (tertiary alicyclic amines) is 1. The molecule has 0 bridgehead atoms. The molecule has 1 N–H and O–H groups in total. The van der Waals surface area contributed by atoms with Crippen LogP contribution in [0.4, 0.5) is 5.69 Å². The number of halogens is 1. The first kappa shape index (κ1) is 23.0. The van der Waals surface area contributed by atoms with E-state index >= 15 is 0 Å². The Bertz CT molecular complexity index is 545. The van der Waals surface area contributed by atoms with Gasteiger partial charge in [-0.15, -0.1) is 0 Å². The van der Waals surface area contributed by atoms with Gasteiger partial charge in [0.25, 0.3) is 5.91 Å². The molecule has 0 aliphatic carbocycles. The van der Waals surface area contributed by atoms with Crippen LogP contribution in [-0.4, -0.2) is 36.1 Å². The van der Waals surface area contributed by atoms with Crippen molar-refractivity contribution in [3.05, 3.63) is 29.3 Å². The summed E-state index contributed by atoms with van der Waals surface area (Å²) in [4.78, 5) is 13.3. The van der Waals surface area contributed by atoms with Crippen LogP contribution in [0, 0.1) is 13.8 Å². The third-order valence-corrected chi connectivity index (χ3v) is 5.94. The van der Waals surface area contributed by atoms with Gasteiger partial charge in [-0.1, -0.05) is 44.9 Å². The number of nitrogens with zero attached hydrogens (tertiary/aromatic N) is 1. The average molecular weight is 381 g/mol. The van der Waals surface area contributed by atoms with Crippen LogP contribution >= 0.6 is 0 Å². The second-order valence-corrected chi connectivity index (χ2v) is 7.86. The first-order chi connectivity index (χ1) is 12.0. The van der Waals surface area contributed by atoms with E-state index in [1.54, 1.807) is 0 Å². The molecule has 1 aliphatic heterocycles. The Kier molecular flexibility index (Phi) is 9.67. The quantitative estimate of drug-likeness (QED) is 0.688. The molecule has 1 heterocycles. The van der Waals surface area contributed by atoms with Crippen LogP contribution in [0.1, 0.15) is 69.9 Å². The number of piperidine rings is 1. The number of amides is 1. The van der Waals surface area contributed by atoms with Crippen LogP contribution < -0.4 is 17.7 Å². The highest BCUT2D eigenvalue weighted by atomic mass is 35.5. The number of aryl methyl sites for hydroxylation is 2. The number of hydrogen-bond donors (Lipinski definition) is 1. The molecular formula is C22H37ClN2O. The van der Waals surface area contributed by atoms with E-state index in [0.717, 1.165) is 40.8 Å². The number of carbonyl (C=O) groups excluding carboxylic acids is 1. The average Bonchev–Trinajstić information content (AvgIpc) is 2.61. The molecule has 1 aromatic rings. The Morgan fingerprint density at radius 1 is 1.08 bits per heavy atom. The van der Waals surface area contributed by atoms with E-state index in [-0.39, 0.29) is 24.4 Å². The molecule has 1 amide bonds. The summed E-state index contributed by atoms with van der Waals surface area (Å²) in [7, 11) is 0. The molecule has 0 radical (unpaired) electrons. The zero-order valence-corrected chi connectivity index (χ0v) is 17.9. The molecule has 0 spiro atoms. The van der Waals surface area contributed by atoms with E-state index in [9.17, 15) is 4.79 Å². The topological polar surface area (TPSA) is 29.1 Å². The highest BCUT2D eigenvalue weighted by Gasteiger charge is 2.43. The van der Waals surface area contributed by atoms with Crippen LogP contribution in [0.15, 0.2) is 18.2 Å². The maximum Gasteiger partial charge on any atom is 0.282 e. The molecule has 1 unspecified atom stereocenters. The van der Waals surface area contributed by atoms with Gasteiger partial charge in [0.15, 0.2) is 6.04 Å². The molecule has 148 valence electrons. The number of hydrogen-bond acceptors (Lipinski definition) is 1. The second-order valence-electron chi connectivity index (χ2n) is 7.86. The highest BCUT2D eigenvalue weighted by Crippen LogP contribution is 2.30. The summed E-state index contributed by atoms with van der Waals surface area (Å²) in [6.45, 7) is 12.2. The zero-order chi connectivity index (χ0) is 18.3. The van der Waals surface area contributed by atoms with Gasteiger partial charge in [-0.2, -0.15) is 0 Å². The van der Waals surface area contributed by atoms with E-state index in [1.165, 1.54) is 45.1 Å². The first-order valence-corrected chi connectivity index (χ1v) is 10.3. The lowest BCUT2D eigenvalue weighted by Crippen LogP contribution is -3.00. The van der Waals surface area contributed by atoms with Crippen molar-refractivity contribution in [2.45, 2.75) is 78.7 Å². The van der Waals surface area contributed by atoms with Crippen molar-refractivity contribution in [2.24, 2.45) is 0 Å². The normalized spacial score (nSPS) is 18.8. The Morgan fingerprint density at radius 2 is 1.65 bits per heavy atom. The minimum Gasteiger partial charge on any atom is -1.00 e. The lowest BCUT2D eigenvalue weighted by Gasteiger charge is -2.47. The van der Waals surface area contributed by atoms with Gasteiger partial charge in [0.05, 0.1) is 19.6 Å². The third-order valence-electron chi connectivity index (χ3n) is 5.94. The van der Waals surface area contributed by atoms with Gasteiger partial charge >= 0.3 is 0 Å². The van der Waals surface area contributed by atoms with Gasteiger partial charge in [-0.05, 0) is 50.7 Å². The number of nitrogens with one attached hydrogen (secondary N) is 1. The van der Waals surface area contributed by atoms with Crippen LogP contribution in [0.25, 0.3) is 0 Å². The van der Waals surface area contributed by atoms with E-state index in [0.29, 0.717) is 0 Å². The number of anilines is 1. The Morgan fingerprint density at radius 3 is 2.19 bits per heavy atom. The SMILES string of the molecule is CCCC[N+]1(CCCC)CCCCC1C(=O)Nc1c(C)cccc1C.[Cl-]. The number of unbranched alkanes of at least 4 members (excludes halogenated alkanes) is 2. The van der Waals surface area contributed by atoms with Gasteiger partial charge in [-0.25, -0.2) is 0 Å². The molecule has 2 rings (SSSR count). The number of para-hydroxylation sites is 1. The predicted molar refractivity (Wildman–Crippen MR) is 107 cm³/mol. The smallest absolute Gasteiger partial charge is 0.282 e. The largest absolute Gasteiger partial charge is 1.00 e. The van der Waals surface area contributed by atoms with Crippen molar-refractivity contribution >= 4 is 11.6 Å². The molecule has 1 atom stereocenters. The number of quaternary nitrogens is 1. The summed E-state index contributed by atoms with van der Waals surface area (Å²) >= 11 is 0. The lowest BCUT2D eigenvalue weighted by atomic mass is 9.95. The molecule has 3 nitrogen and oxygen atoms in total. The molecule has 1 saturated heterocycles. The fourth-order valence-electron chi connectivity index (χ4n) is 4.39. The van der Waals surface area contributed by atoms with E-state index in [2.05, 4.69) is 51.2 Å². The van der Waals surface area contributed by atoms with Gasteiger partial charge in [-0.3, -0.25) is 4.79 Å². The maximum atomic E-state index is 13.3. The lowest BCUT2D eigenvalue weighted by molar-refractivity contribution is -0.947. The summed E-state index contributed by atoms with van der Waals surface area (Å²) in [5, 5.41) is 3.30. The summed E-state index contributed by atoms with van der Waals surface area (Å²) in [6, 6.07) is 6.34. The van der Waals surface area contributed by atoms with E-state index in [1.807, 2.05) is 0 Å². The molecule has 0 saturated carbocycles. The Balaban J connectivity index is 0.00000338. The van der Waals surface area contributed by atoms with E-state index < -0.39 is 0 Å². The van der Waals surface area contributed by atoms with Gasteiger partial charge in [0, 0.05) is 12.1 Å². The molecule has 26 heavy (non-hydrogen) atoms.